The Balaban J connectivity index is 1.63. The zero-order valence-electron chi connectivity index (χ0n) is 11.2. The normalized spacial score (nSPS) is 18.6. The molecule has 0 spiro atoms. The van der Waals surface area contributed by atoms with E-state index in [1.54, 1.807) is 11.3 Å². The summed E-state index contributed by atoms with van der Waals surface area (Å²) in [6, 6.07) is 7.83. The summed E-state index contributed by atoms with van der Waals surface area (Å²) in [4.78, 5) is 0.824. The van der Waals surface area contributed by atoms with Gasteiger partial charge in [0.05, 0.1) is 0 Å². The fraction of sp³-hybridized carbons (Fsp3) is 0.357. The highest BCUT2D eigenvalue weighted by Gasteiger charge is 2.24. The van der Waals surface area contributed by atoms with Crippen LogP contribution in [0.3, 0.4) is 0 Å². The van der Waals surface area contributed by atoms with Crippen LogP contribution in [0.15, 0.2) is 24.3 Å². The molecule has 1 aliphatic heterocycles. The molecular formula is C14H13ClN4OS. The molecule has 0 N–H and O–H groups in total. The highest BCUT2D eigenvalue weighted by molar-refractivity contribution is 7.16. The van der Waals surface area contributed by atoms with Gasteiger partial charge in [0.1, 0.15) is 11.1 Å². The number of benzene rings is 1. The average molecular weight is 321 g/mol. The van der Waals surface area contributed by atoms with Crippen molar-refractivity contribution in [2.45, 2.75) is 25.4 Å². The summed E-state index contributed by atoms with van der Waals surface area (Å²) >= 11 is 7.47. The Morgan fingerprint density at radius 3 is 2.90 bits per heavy atom. The van der Waals surface area contributed by atoms with Crippen LogP contribution >= 0.6 is 22.9 Å². The second kappa shape index (κ2) is 5.36. The highest BCUT2D eigenvalue weighted by atomic mass is 35.5. The molecule has 7 heteroatoms. The van der Waals surface area contributed by atoms with Crippen molar-refractivity contribution >= 4 is 27.9 Å². The number of hydrogen-bond donors (Lipinski definition) is 0. The first-order valence-electron chi connectivity index (χ1n) is 6.87. The van der Waals surface area contributed by atoms with Crippen LogP contribution in [-0.2, 0) is 11.2 Å². The summed E-state index contributed by atoms with van der Waals surface area (Å²) in [7, 11) is 0. The highest BCUT2D eigenvalue weighted by Crippen LogP contribution is 2.28. The Morgan fingerprint density at radius 1 is 1.29 bits per heavy atom. The largest absolute Gasteiger partial charge is 0.370 e. The summed E-state index contributed by atoms with van der Waals surface area (Å²) < 4.78 is 7.50. The van der Waals surface area contributed by atoms with Gasteiger partial charge in [-0.2, -0.15) is 9.61 Å². The number of fused-ring (bicyclic) bond motifs is 1. The van der Waals surface area contributed by atoms with Gasteiger partial charge in [0.2, 0.25) is 4.96 Å². The fourth-order valence-corrected chi connectivity index (χ4v) is 3.50. The molecule has 1 atom stereocenters. The monoisotopic (exact) mass is 320 g/mol. The molecule has 2 aromatic heterocycles. The summed E-state index contributed by atoms with van der Waals surface area (Å²) in [6.45, 7) is 0.793. The fourth-order valence-electron chi connectivity index (χ4n) is 2.50. The molecule has 0 aliphatic carbocycles. The predicted molar refractivity (Wildman–Crippen MR) is 80.8 cm³/mol. The average Bonchev–Trinajstić information content (AvgIpc) is 3.17. The minimum absolute atomic E-state index is 0.0329. The molecule has 1 saturated heterocycles. The number of hydrogen-bond acceptors (Lipinski definition) is 5. The Kier molecular flexibility index (Phi) is 3.37. The lowest BCUT2D eigenvalue weighted by Gasteiger charge is -2.04. The van der Waals surface area contributed by atoms with E-state index in [2.05, 4.69) is 15.3 Å². The first-order valence-corrected chi connectivity index (χ1v) is 8.06. The maximum absolute atomic E-state index is 5.91. The maximum Gasteiger partial charge on any atom is 0.234 e. The molecule has 21 heavy (non-hydrogen) atoms. The van der Waals surface area contributed by atoms with Crippen molar-refractivity contribution in [3.63, 3.8) is 0 Å². The van der Waals surface area contributed by atoms with E-state index in [1.807, 2.05) is 28.8 Å². The maximum atomic E-state index is 5.91. The second-order valence-corrected chi connectivity index (χ2v) is 6.53. The van der Waals surface area contributed by atoms with E-state index in [-0.39, 0.29) is 6.10 Å². The van der Waals surface area contributed by atoms with E-state index < -0.39 is 0 Å². The first kappa shape index (κ1) is 13.2. The molecule has 108 valence electrons. The van der Waals surface area contributed by atoms with Gasteiger partial charge >= 0.3 is 0 Å². The minimum atomic E-state index is 0.0329. The number of nitrogens with zero attached hydrogens (tertiary/aromatic N) is 4. The van der Waals surface area contributed by atoms with E-state index >= 15 is 0 Å². The first-order chi connectivity index (χ1) is 10.3. The molecule has 4 rings (SSSR count). The third-order valence-corrected chi connectivity index (χ3v) is 4.69. The molecule has 0 bridgehead atoms. The molecular weight excluding hydrogens is 308 g/mol. The van der Waals surface area contributed by atoms with E-state index in [0.29, 0.717) is 0 Å². The zero-order chi connectivity index (χ0) is 14.2. The van der Waals surface area contributed by atoms with Crippen molar-refractivity contribution in [3.8, 4) is 0 Å². The van der Waals surface area contributed by atoms with Crippen LogP contribution in [0.1, 0.15) is 35.3 Å². The molecule has 3 aromatic rings. The molecule has 0 radical (unpaired) electrons. The van der Waals surface area contributed by atoms with Crippen molar-refractivity contribution in [1.29, 1.82) is 0 Å². The standard InChI is InChI=1S/C14H13ClN4OS/c15-10-5-3-9(4-6-10)8-12-18-19-13(11-2-1-7-20-11)16-17-14(19)21-12/h3-6,11H,1-2,7-8H2/t11-/m0/s1. The number of aromatic nitrogens is 4. The van der Waals surface area contributed by atoms with Crippen molar-refractivity contribution in [2.24, 2.45) is 0 Å². The lowest BCUT2D eigenvalue weighted by molar-refractivity contribution is 0.103. The van der Waals surface area contributed by atoms with Crippen molar-refractivity contribution in [2.75, 3.05) is 6.61 Å². The molecule has 0 amide bonds. The smallest absolute Gasteiger partial charge is 0.234 e. The summed E-state index contributed by atoms with van der Waals surface area (Å²) in [5.41, 5.74) is 1.18. The molecule has 0 saturated carbocycles. The predicted octanol–water partition coefficient (Wildman–Crippen LogP) is 3.28. The number of ether oxygens (including phenoxy) is 1. The molecule has 1 aliphatic rings. The van der Waals surface area contributed by atoms with Crippen LogP contribution in [0, 0.1) is 0 Å². The van der Waals surface area contributed by atoms with Gasteiger partial charge in [-0.25, -0.2) is 0 Å². The lowest BCUT2D eigenvalue weighted by atomic mass is 10.2. The van der Waals surface area contributed by atoms with Crippen LogP contribution in [0.25, 0.3) is 4.96 Å². The van der Waals surface area contributed by atoms with E-state index in [4.69, 9.17) is 16.3 Å². The minimum Gasteiger partial charge on any atom is -0.370 e. The van der Waals surface area contributed by atoms with Crippen LogP contribution < -0.4 is 0 Å². The number of rotatable bonds is 3. The Bertz CT molecular complexity index is 761. The Labute approximate surface area is 130 Å². The van der Waals surface area contributed by atoms with E-state index in [9.17, 15) is 0 Å². The molecule has 1 aromatic carbocycles. The van der Waals surface area contributed by atoms with Gasteiger partial charge < -0.3 is 4.74 Å². The summed E-state index contributed by atoms with van der Waals surface area (Å²) in [6.07, 6.45) is 2.87. The van der Waals surface area contributed by atoms with Crippen molar-refractivity contribution < 1.29 is 4.74 Å². The molecule has 3 heterocycles. The third kappa shape index (κ3) is 2.54. The van der Waals surface area contributed by atoms with Gasteiger partial charge in [-0.1, -0.05) is 35.1 Å². The van der Waals surface area contributed by atoms with Gasteiger partial charge in [0.25, 0.3) is 0 Å². The van der Waals surface area contributed by atoms with Gasteiger partial charge in [0, 0.05) is 18.1 Å². The lowest BCUT2D eigenvalue weighted by Crippen LogP contribution is -2.04. The van der Waals surface area contributed by atoms with Gasteiger partial charge in [0.15, 0.2) is 5.82 Å². The molecule has 0 unspecified atom stereocenters. The van der Waals surface area contributed by atoms with Gasteiger partial charge in [-0.15, -0.1) is 10.2 Å². The van der Waals surface area contributed by atoms with Crippen LogP contribution in [0.4, 0.5) is 0 Å². The van der Waals surface area contributed by atoms with Crippen LogP contribution in [0.5, 0.6) is 0 Å². The van der Waals surface area contributed by atoms with Crippen LogP contribution in [-0.4, -0.2) is 26.4 Å². The van der Waals surface area contributed by atoms with E-state index in [0.717, 1.165) is 46.7 Å². The number of halogens is 1. The van der Waals surface area contributed by atoms with Crippen molar-refractivity contribution in [1.82, 2.24) is 19.8 Å². The molecule has 5 nitrogen and oxygen atoms in total. The topological polar surface area (TPSA) is 52.3 Å². The zero-order valence-corrected chi connectivity index (χ0v) is 12.8. The second-order valence-electron chi connectivity index (χ2n) is 5.05. The summed E-state index contributed by atoms with van der Waals surface area (Å²) in [5.74, 6) is 0.820. The third-order valence-electron chi connectivity index (χ3n) is 3.54. The quantitative estimate of drug-likeness (QED) is 0.743. The Morgan fingerprint density at radius 2 is 2.14 bits per heavy atom. The van der Waals surface area contributed by atoms with Gasteiger partial charge in [-0.3, -0.25) is 0 Å². The van der Waals surface area contributed by atoms with Crippen LogP contribution in [0.2, 0.25) is 5.02 Å². The Hall–Kier alpha value is -1.50. The molecule has 1 fully saturated rings. The SMILES string of the molecule is Clc1ccc(Cc2nn3c([C@@H]4CCCO4)nnc3s2)cc1. The summed E-state index contributed by atoms with van der Waals surface area (Å²) in [5, 5.41) is 14.8. The van der Waals surface area contributed by atoms with Gasteiger partial charge in [-0.05, 0) is 30.5 Å². The van der Waals surface area contributed by atoms with Crippen molar-refractivity contribution in [3.05, 3.63) is 45.7 Å². The van der Waals surface area contributed by atoms with E-state index in [1.165, 1.54) is 5.56 Å².